The molecule has 0 unspecified atom stereocenters. The first-order chi connectivity index (χ1) is 10.9. The second-order valence-corrected chi connectivity index (χ2v) is 5.22. The van der Waals surface area contributed by atoms with Crippen LogP contribution in [0.1, 0.15) is 5.56 Å². The summed E-state index contributed by atoms with van der Waals surface area (Å²) in [5.41, 5.74) is 0.370. The molecule has 0 bridgehead atoms. The van der Waals surface area contributed by atoms with E-state index in [4.69, 9.17) is 4.74 Å². The predicted octanol–water partition coefficient (Wildman–Crippen LogP) is 0.630. The van der Waals surface area contributed by atoms with Gasteiger partial charge >= 0.3 is 5.69 Å². The summed E-state index contributed by atoms with van der Waals surface area (Å²) in [5.74, 6) is -0.322. The molecule has 0 fully saturated rings. The molecule has 0 radical (unpaired) electrons. The first kappa shape index (κ1) is 15.0. The Morgan fingerprint density at radius 2 is 1.96 bits per heavy atom. The number of benzene rings is 1. The van der Waals surface area contributed by atoms with Gasteiger partial charge in [0.25, 0.3) is 5.56 Å². The Hall–Kier alpha value is -2.90. The number of aromatic nitrogens is 4. The van der Waals surface area contributed by atoms with Crippen LogP contribution < -0.4 is 16.0 Å². The van der Waals surface area contributed by atoms with Crippen molar-refractivity contribution in [3.63, 3.8) is 0 Å². The molecule has 3 aromatic rings. The summed E-state index contributed by atoms with van der Waals surface area (Å²) in [7, 11) is 4.36. The molecule has 0 atom stereocenters. The average molecular weight is 318 g/mol. The second-order valence-electron chi connectivity index (χ2n) is 5.22. The molecule has 2 heterocycles. The van der Waals surface area contributed by atoms with Gasteiger partial charge in [-0.1, -0.05) is 6.07 Å². The summed E-state index contributed by atoms with van der Waals surface area (Å²) in [4.78, 5) is 28.4. The zero-order valence-corrected chi connectivity index (χ0v) is 12.9. The maximum atomic E-state index is 13.8. The molecule has 0 N–H and O–H groups in total. The molecule has 1 aromatic carbocycles. The van der Waals surface area contributed by atoms with Crippen molar-refractivity contribution < 1.29 is 9.13 Å². The van der Waals surface area contributed by atoms with E-state index in [0.717, 1.165) is 4.57 Å². The van der Waals surface area contributed by atoms with Crippen molar-refractivity contribution in [1.29, 1.82) is 0 Å². The second kappa shape index (κ2) is 5.38. The van der Waals surface area contributed by atoms with Gasteiger partial charge in [-0.05, 0) is 17.7 Å². The number of methoxy groups -OCH3 is 1. The summed E-state index contributed by atoms with van der Waals surface area (Å²) in [5, 5.41) is 0. The SMILES string of the molecule is COc1ccc(Cn2cnc3c2c(=O)n(C)c(=O)n3C)cc1F. The maximum absolute atomic E-state index is 13.8. The highest BCUT2D eigenvalue weighted by Crippen LogP contribution is 2.19. The van der Waals surface area contributed by atoms with Crippen LogP contribution in [0.5, 0.6) is 5.75 Å². The molecule has 0 aliphatic heterocycles. The molecule has 0 aliphatic carbocycles. The van der Waals surface area contributed by atoms with Crippen LogP contribution in [0.4, 0.5) is 4.39 Å². The molecule has 0 aliphatic rings. The van der Waals surface area contributed by atoms with E-state index in [0.29, 0.717) is 16.7 Å². The fourth-order valence-corrected chi connectivity index (χ4v) is 2.52. The quantitative estimate of drug-likeness (QED) is 0.710. The summed E-state index contributed by atoms with van der Waals surface area (Å²) >= 11 is 0. The molecule has 0 saturated carbocycles. The Bertz CT molecular complexity index is 1020. The largest absolute Gasteiger partial charge is 0.494 e. The van der Waals surface area contributed by atoms with Gasteiger partial charge in [0.05, 0.1) is 13.4 Å². The molecule has 0 saturated heterocycles. The highest BCUT2D eigenvalue weighted by atomic mass is 19.1. The van der Waals surface area contributed by atoms with Crippen molar-refractivity contribution in [3.05, 3.63) is 56.7 Å². The topological polar surface area (TPSA) is 71.1 Å². The highest BCUT2D eigenvalue weighted by Gasteiger charge is 2.14. The zero-order valence-electron chi connectivity index (χ0n) is 12.9. The van der Waals surface area contributed by atoms with Crippen LogP contribution in [0.2, 0.25) is 0 Å². The van der Waals surface area contributed by atoms with E-state index in [-0.39, 0.29) is 12.3 Å². The van der Waals surface area contributed by atoms with Crippen LogP contribution in [0.15, 0.2) is 34.1 Å². The number of nitrogens with zero attached hydrogens (tertiary/aromatic N) is 4. The highest BCUT2D eigenvalue weighted by molar-refractivity contribution is 5.70. The lowest BCUT2D eigenvalue weighted by Gasteiger charge is -2.08. The van der Waals surface area contributed by atoms with Crippen LogP contribution >= 0.6 is 0 Å². The molecule has 120 valence electrons. The molecule has 23 heavy (non-hydrogen) atoms. The van der Waals surface area contributed by atoms with Gasteiger partial charge in [-0.2, -0.15) is 0 Å². The van der Waals surface area contributed by atoms with E-state index >= 15 is 0 Å². The predicted molar refractivity (Wildman–Crippen MR) is 82.3 cm³/mol. The molecule has 2 aromatic heterocycles. The number of rotatable bonds is 3. The molecule has 7 nitrogen and oxygen atoms in total. The van der Waals surface area contributed by atoms with Crippen LogP contribution in [0, 0.1) is 5.82 Å². The normalized spacial score (nSPS) is 11.1. The van der Waals surface area contributed by atoms with E-state index in [1.165, 1.54) is 37.2 Å². The van der Waals surface area contributed by atoms with Gasteiger partial charge < -0.3 is 9.30 Å². The van der Waals surface area contributed by atoms with Gasteiger partial charge in [0.15, 0.2) is 22.7 Å². The summed E-state index contributed by atoms with van der Waals surface area (Å²) in [6, 6.07) is 4.58. The Kier molecular flexibility index (Phi) is 3.51. The van der Waals surface area contributed by atoms with E-state index < -0.39 is 17.1 Å². The lowest BCUT2D eigenvalue weighted by Crippen LogP contribution is -2.37. The number of imidazole rings is 1. The van der Waals surface area contributed by atoms with Crippen LogP contribution in [0.3, 0.4) is 0 Å². The van der Waals surface area contributed by atoms with Crippen LogP contribution in [-0.2, 0) is 20.6 Å². The number of fused-ring (bicyclic) bond motifs is 1. The van der Waals surface area contributed by atoms with E-state index in [9.17, 15) is 14.0 Å². The molecular formula is C15H15FN4O3. The lowest BCUT2D eigenvalue weighted by atomic mass is 10.2. The third-order valence-corrected chi connectivity index (χ3v) is 3.79. The smallest absolute Gasteiger partial charge is 0.332 e. The number of ether oxygens (including phenoxy) is 1. The van der Waals surface area contributed by atoms with Crippen LogP contribution in [0.25, 0.3) is 11.2 Å². The van der Waals surface area contributed by atoms with Crippen molar-refractivity contribution in [3.8, 4) is 5.75 Å². The Balaban J connectivity index is 2.13. The molecule has 8 heteroatoms. The van der Waals surface area contributed by atoms with Crippen LogP contribution in [-0.4, -0.2) is 25.8 Å². The molecule has 3 rings (SSSR count). The minimum Gasteiger partial charge on any atom is -0.494 e. The lowest BCUT2D eigenvalue weighted by molar-refractivity contribution is 0.386. The minimum atomic E-state index is -0.477. The third kappa shape index (κ3) is 2.32. The van der Waals surface area contributed by atoms with Crippen molar-refractivity contribution in [1.82, 2.24) is 18.7 Å². The van der Waals surface area contributed by atoms with Crippen molar-refractivity contribution in [2.75, 3.05) is 7.11 Å². The zero-order chi connectivity index (χ0) is 16.7. The van der Waals surface area contributed by atoms with Gasteiger partial charge in [0.1, 0.15) is 0 Å². The third-order valence-electron chi connectivity index (χ3n) is 3.79. The number of aryl methyl sites for hydroxylation is 1. The Labute approximate surface area is 130 Å². The fraction of sp³-hybridized carbons (Fsp3) is 0.267. The number of hydrogen-bond acceptors (Lipinski definition) is 4. The summed E-state index contributed by atoms with van der Waals surface area (Å²) in [6.45, 7) is 0.255. The number of hydrogen-bond donors (Lipinski definition) is 0. The molecular weight excluding hydrogens is 303 g/mol. The van der Waals surface area contributed by atoms with Crippen molar-refractivity contribution >= 4 is 11.2 Å². The van der Waals surface area contributed by atoms with Gasteiger partial charge in [-0.3, -0.25) is 13.9 Å². The van der Waals surface area contributed by atoms with Gasteiger partial charge in [0, 0.05) is 20.6 Å². The first-order valence-electron chi connectivity index (χ1n) is 6.87. The van der Waals surface area contributed by atoms with E-state index in [1.54, 1.807) is 17.7 Å². The summed E-state index contributed by atoms with van der Waals surface area (Å²) < 4.78 is 22.6. The molecule has 0 amide bonds. The Morgan fingerprint density at radius 3 is 2.61 bits per heavy atom. The number of halogens is 1. The van der Waals surface area contributed by atoms with Gasteiger partial charge in [0.2, 0.25) is 0 Å². The van der Waals surface area contributed by atoms with E-state index in [1.807, 2.05) is 0 Å². The summed E-state index contributed by atoms with van der Waals surface area (Å²) in [6.07, 6.45) is 1.47. The fourth-order valence-electron chi connectivity index (χ4n) is 2.52. The van der Waals surface area contributed by atoms with E-state index in [2.05, 4.69) is 4.98 Å². The average Bonchev–Trinajstić information content (AvgIpc) is 2.95. The van der Waals surface area contributed by atoms with Crippen molar-refractivity contribution in [2.45, 2.75) is 6.54 Å². The minimum absolute atomic E-state index is 0.155. The maximum Gasteiger partial charge on any atom is 0.332 e. The van der Waals surface area contributed by atoms with Gasteiger partial charge in [-0.15, -0.1) is 0 Å². The van der Waals surface area contributed by atoms with Gasteiger partial charge in [-0.25, -0.2) is 14.2 Å². The monoisotopic (exact) mass is 318 g/mol. The molecule has 0 spiro atoms. The standard InChI is InChI=1S/C15H15FN4O3/c1-18-13-12(14(21)19(2)15(18)22)20(8-17-13)7-9-4-5-11(23-3)10(16)6-9/h4-6,8H,7H2,1-3H3. The van der Waals surface area contributed by atoms with Crippen molar-refractivity contribution in [2.24, 2.45) is 14.1 Å². The first-order valence-corrected chi connectivity index (χ1v) is 6.87. The Morgan fingerprint density at radius 1 is 1.22 bits per heavy atom.